The highest BCUT2D eigenvalue weighted by atomic mass is 79.9. The molecule has 0 heterocycles. The molecule has 7 heteroatoms. The van der Waals surface area contributed by atoms with Crippen molar-refractivity contribution >= 4 is 33.5 Å². The number of amides is 1. The Morgan fingerprint density at radius 3 is 2.79 bits per heavy atom. The molecule has 1 amide bonds. The molecule has 0 saturated heterocycles. The summed E-state index contributed by atoms with van der Waals surface area (Å²) in [6.45, 7) is 4.26. The normalized spacial score (nSPS) is 11.5. The highest BCUT2D eigenvalue weighted by Crippen LogP contribution is 2.23. The number of amidine groups is 1. The average molecular weight is 330 g/mol. The van der Waals surface area contributed by atoms with E-state index < -0.39 is 6.09 Å². The number of anilines is 1. The van der Waals surface area contributed by atoms with E-state index in [1.165, 1.54) is 0 Å². The zero-order valence-corrected chi connectivity index (χ0v) is 12.3. The zero-order valence-electron chi connectivity index (χ0n) is 10.7. The minimum atomic E-state index is -0.522. The number of hydrogen-bond donors (Lipinski definition) is 3. The van der Waals surface area contributed by atoms with Crippen LogP contribution in [0.3, 0.4) is 0 Å². The van der Waals surface area contributed by atoms with Gasteiger partial charge in [-0.15, -0.1) is 0 Å². The van der Waals surface area contributed by atoms with E-state index in [1.807, 2.05) is 13.8 Å². The molecule has 6 nitrogen and oxygen atoms in total. The van der Waals surface area contributed by atoms with Crippen LogP contribution in [-0.4, -0.2) is 23.7 Å². The molecule has 0 aliphatic rings. The number of halogens is 1. The number of ether oxygens (including phenoxy) is 1. The fourth-order valence-electron chi connectivity index (χ4n) is 1.22. The Balaban J connectivity index is 2.72. The molecule has 0 spiro atoms. The van der Waals surface area contributed by atoms with Crippen LogP contribution in [0.25, 0.3) is 0 Å². The fourth-order valence-corrected chi connectivity index (χ4v) is 1.70. The van der Waals surface area contributed by atoms with Gasteiger partial charge in [-0.1, -0.05) is 19.0 Å². The van der Waals surface area contributed by atoms with E-state index in [0.29, 0.717) is 22.3 Å². The molecule has 0 bridgehead atoms. The Morgan fingerprint density at radius 1 is 1.58 bits per heavy atom. The Labute approximate surface area is 119 Å². The molecule has 0 radical (unpaired) electrons. The highest BCUT2D eigenvalue weighted by Gasteiger charge is 2.09. The summed E-state index contributed by atoms with van der Waals surface area (Å²) in [4.78, 5) is 11.5. The van der Waals surface area contributed by atoms with E-state index >= 15 is 0 Å². The van der Waals surface area contributed by atoms with Crippen molar-refractivity contribution in [3.63, 3.8) is 0 Å². The third-order valence-electron chi connectivity index (χ3n) is 2.16. The van der Waals surface area contributed by atoms with Crippen molar-refractivity contribution in [2.24, 2.45) is 16.8 Å². The third kappa shape index (κ3) is 4.78. The summed E-state index contributed by atoms with van der Waals surface area (Å²) in [7, 11) is 0. The molecular formula is C12H16BrN3O3. The molecule has 19 heavy (non-hydrogen) atoms. The standard InChI is InChI=1S/C12H16BrN3O3/c1-7(2)6-19-12(17)15-10-4-3-8(5-9(10)13)11(14)16-18/h3-5,7,18H,6H2,1-2H3,(H2,14,16)(H,15,17). The van der Waals surface area contributed by atoms with Crippen molar-refractivity contribution in [1.82, 2.24) is 0 Å². The SMILES string of the molecule is CC(C)COC(=O)Nc1ccc(/C(N)=N/O)cc1Br. The lowest BCUT2D eigenvalue weighted by molar-refractivity contribution is 0.147. The number of carbonyl (C=O) groups excluding carboxylic acids is 1. The quantitative estimate of drug-likeness (QED) is 0.342. The topological polar surface area (TPSA) is 96.9 Å². The van der Waals surface area contributed by atoms with Gasteiger partial charge in [0.05, 0.1) is 12.3 Å². The van der Waals surface area contributed by atoms with Crippen LogP contribution in [0, 0.1) is 5.92 Å². The van der Waals surface area contributed by atoms with Crippen LogP contribution < -0.4 is 11.1 Å². The van der Waals surface area contributed by atoms with E-state index in [-0.39, 0.29) is 11.8 Å². The maximum atomic E-state index is 11.5. The Bertz CT molecular complexity index is 489. The molecule has 1 aromatic carbocycles. The van der Waals surface area contributed by atoms with Gasteiger partial charge in [-0.05, 0) is 40.0 Å². The van der Waals surface area contributed by atoms with Gasteiger partial charge < -0.3 is 15.7 Å². The Hall–Kier alpha value is -1.76. The molecule has 1 rings (SSSR count). The van der Waals surface area contributed by atoms with E-state index in [2.05, 4.69) is 26.4 Å². The summed E-state index contributed by atoms with van der Waals surface area (Å²) < 4.78 is 5.61. The molecule has 0 fully saturated rings. The second kappa shape index (κ2) is 6.98. The molecule has 0 aliphatic carbocycles. The maximum Gasteiger partial charge on any atom is 0.411 e. The first kappa shape index (κ1) is 15.3. The largest absolute Gasteiger partial charge is 0.449 e. The monoisotopic (exact) mass is 329 g/mol. The van der Waals surface area contributed by atoms with Crippen LogP contribution in [-0.2, 0) is 4.74 Å². The van der Waals surface area contributed by atoms with E-state index in [0.717, 1.165) is 0 Å². The Morgan fingerprint density at radius 2 is 2.26 bits per heavy atom. The third-order valence-corrected chi connectivity index (χ3v) is 2.81. The van der Waals surface area contributed by atoms with Gasteiger partial charge in [-0.25, -0.2) is 4.79 Å². The fraction of sp³-hybridized carbons (Fsp3) is 0.333. The van der Waals surface area contributed by atoms with Gasteiger partial charge in [0.2, 0.25) is 0 Å². The van der Waals surface area contributed by atoms with E-state index in [1.54, 1.807) is 18.2 Å². The molecule has 0 aromatic heterocycles. The average Bonchev–Trinajstić information content (AvgIpc) is 2.37. The predicted molar refractivity (Wildman–Crippen MR) is 76.5 cm³/mol. The number of nitrogens with one attached hydrogen (secondary N) is 1. The summed E-state index contributed by atoms with van der Waals surface area (Å²) in [5.74, 6) is 0.270. The number of oxime groups is 1. The lowest BCUT2D eigenvalue weighted by atomic mass is 10.2. The lowest BCUT2D eigenvalue weighted by Crippen LogP contribution is -2.17. The lowest BCUT2D eigenvalue weighted by Gasteiger charge is -2.10. The second-order valence-electron chi connectivity index (χ2n) is 4.30. The molecule has 0 unspecified atom stereocenters. The van der Waals surface area contributed by atoms with Crippen LogP contribution in [0.5, 0.6) is 0 Å². The second-order valence-corrected chi connectivity index (χ2v) is 5.15. The number of nitrogens with zero attached hydrogens (tertiary/aromatic N) is 1. The summed E-state index contributed by atoms with van der Waals surface area (Å²) >= 11 is 3.29. The number of hydrogen-bond acceptors (Lipinski definition) is 4. The number of benzene rings is 1. The number of carbonyl (C=O) groups is 1. The molecule has 0 atom stereocenters. The summed E-state index contributed by atoms with van der Waals surface area (Å²) in [5, 5.41) is 14.1. The molecule has 4 N–H and O–H groups in total. The van der Waals surface area contributed by atoms with Crippen molar-refractivity contribution in [1.29, 1.82) is 0 Å². The van der Waals surface area contributed by atoms with Gasteiger partial charge >= 0.3 is 6.09 Å². The first-order valence-electron chi connectivity index (χ1n) is 5.65. The summed E-state index contributed by atoms with van der Waals surface area (Å²) in [6.07, 6.45) is -0.522. The summed E-state index contributed by atoms with van der Waals surface area (Å²) in [6, 6.07) is 4.89. The minimum Gasteiger partial charge on any atom is -0.449 e. The van der Waals surface area contributed by atoms with Gasteiger partial charge in [0.25, 0.3) is 0 Å². The van der Waals surface area contributed by atoms with E-state index in [4.69, 9.17) is 15.7 Å². The predicted octanol–water partition coefficient (Wildman–Crippen LogP) is 2.75. The van der Waals surface area contributed by atoms with Crippen LogP contribution >= 0.6 is 15.9 Å². The molecule has 0 saturated carbocycles. The van der Waals surface area contributed by atoms with Crippen molar-refractivity contribution in [3.8, 4) is 0 Å². The van der Waals surface area contributed by atoms with Crippen LogP contribution in [0.1, 0.15) is 19.4 Å². The number of nitrogens with two attached hydrogens (primary N) is 1. The summed E-state index contributed by atoms with van der Waals surface area (Å²) in [5.41, 5.74) is 6.54. The molecule has 0 aliphatic heterocycles. The minimum absolute atomic E-state index is 0.00497. The zero-order chi connectivity index (χ0) is 14.4. The van der Waals surface area contributed by atoms with Crippen molar-refractivity contribution in [3.05, 3.63) is 28.2 Å². The van der Waals surface area contributed by atoms with Crippen LogP contribution in [0.2, 0.25) is 0 Å². The molecular weight excluding hydrogens is 314 g/mol. The van der Waals surface area contributed by atoms with Gasteiger partial charge in [0, 0.05) is 10.0 Å². The first-order chi connectivity index (χ1) is 8.93. The molecule has 1 aromatic rings. The van der Waals surface area contributed by atoms with Crippen LogP contribution in [0.4, 0.5) is 10.5 Å². The van der Waals surface area contributed by atoms with Crippen LogP contribution in [0.15, 0.2) is 27.8 Å². The maximum absolute atomic E-state index is 11.5. The Kier molecular flexibility index (Phi) is 5.62. The van der Waals surface area contributed by atoms with E-state index in [9.17, 15) is 4.79 Å². The van der Waals surface area contributed by atoms with Gasteiger partial charge in [0.15, 0.2) is 5.84 Å². The smallest absolute Gasteiger partial charge is 0.411 e. The molecule has 104 valence electrons. The highest BCUT2D eigenvalue weighted by molar-refractivity contribution is 9.10. The number of rotatable bonds is 4. The first-order valence-corrected chi connectivity index (χ1v) is 6.44. The van der Waals surface area contributed by atoms with Gasteiger partial charge in [0.1, 0.15) is 0 Å². The van der Waals surface area contributed by atoms with Gasteiger partial charge in [-0.2, -0.15) is 0 Å². The van der Waals surface area contributed by atoms with Gasteiger partial charge in [-0.3, -0.25) is 5.32 Å². The van der Waals surface area contributed by atoms with Crippen molar-refractivity contribution < 1.29 is 14.7 Å². The van der Waals surface area contributed by atoms with Crippen molar-refractivity contribution in [2.45, 2.75) is 13.8 Å². The van der Waals surface area contributed by atoms with Crippen molar-refractivity contribution in [2.75, 3.05) is 11.9 Å².